The van der Waals surface area contributed by atoms with E-state index in [0.29, 0.717) is 12.3 Å². The summed E-state index contributed by atoms with van der Waals surface area (Å²) in [4.78, 5) is 0. The van der Waals surface area contributed by atoms with Gasteiger partial charge in [0.25, 0.3) is 0 Å². The molecule has 0 aromatic heterocycles. The molecular formula is C11H15NO. The summed E-state index contributed by atoms with van der Waals surface area (Å²) in [6, 6.07) is 3.51. The third-order valence-corrected chi connectivity index (χ3v) is 2.00. The highest BCUT2D eigenvalue weighted by Gasteiger charge is 2.00. The highest BCUT2D eigenvalue weighted by molar-refractivity contribution is 5.59. The lowest BCUT2D eigenvalue weighted by molar-refractivity contribution is 0.474. The molecule has 1 aromatic carbocycles. The van der Waals surface area contributed by atoms with E-state index in [2.05, 4.69) is 0 Å². The van der Waals surface area contributed by atoms with Crippen molar-refractivity contribution >= 4 is 6.08 Å². The van der Waals surface area contributed by atoms with Gasteiger partial charge in [-0.3, -0.25) is 0 Å². The topological polar surface area (TPSA) is 46.2 Å². The van der Waals surface area contributed by atoms with E-state index in [4.69, 9.17) is 5.73 Å². The molecule has 0 amide bonds. The van der Waals surface area contributed by atoms with Crippen LogP contribution in [0.1, 0.15) is 16.7 Å². The minimum atomic E-state index is 0.319. The number of aromatic hydroxyl groups is 1. The highest BCUT2D eigenvalue weighted by atomic mass is 16.3. The molecule has 0 fully saturated rings. The Balaban J connectivity index is 3.13. The average Bonchev–Trinajstić information content (AvgIpc) is 2.02. The van der Waals surface area contributed by atoms with Gasteiger partial charge >= 0.3 is 0 Å². The van der Waals surface area contributed by atoms with E-state index in [9.17, 15) is 5.11 Å². The fourth-order valence-corrected chi connectivity index (χ4v) is 1.40. The predicted octanol–water partition coefficient (Wildman–Crippen LogP) is 1.98. The number of hydrogen-bond acceptors (Lipinski definition) is 2. The molecule has 0 saturated heterocycles. The van der Waals surface area contributed by atoms with E-state index >= 15 is 0 Å². The molecule has 0 radical (unpaired) electrons. The first-order chi connectivity index (χ1) is 6.15. The predicted molar refractivity (Wildman–Crippen MR) is 55.7 cm³/mol. The van der Waals surface area contributed by atoms with E-state index in [1.807, 2.05) is 26.0 Å². The van der Waals surface area contributed by atoms with Gasteiger partial charge in [0, 0.05) is 6.54 Å². The van der Waals surface area contributed by atoms with Crippen molar-refractivity contribution in [3.63, 3.8) is 0 Å². The molecular weight excluding hydrogens is 162 g/mol. The van der Waals surface area contributed by atoms with Crippen LogP contribution in [0.3, 0.4) is 0 Å². The Labute approximate surface area is 78.7 Å². The molecule has 0 spiro atoms. The maximum Gasteiger partial charge on any atom is 0.116 e. The van der Waals surface area contributed by atoms with Gasteiger partial charge < -0.3 is 10.8 Å². The zero-order chi connectivity index (χ0) is 9.84. The van der Waals surface area contributed by atoms with Crippen LogP contribution in [0.2, 0.25) is 0 Å². The van der Waals surface area contributed by atoms with Crippen molar-refractivity contribution in [3.05, 3.63) is 34.9 Å². The molecule has 0 aliphatic rings. The first-order valence-electron chi connectivity index (χ1n) is 4.32. The number of benzene rings is 1. The monoisotopic (exact) mass is 177 g/mol. The Morgan fingerprint density at radius 3 is 2.31 bits per heavy atom. The van der Waals surface area contributed by atoms with E-state index in [0.717, 1.165) is 16.7 Å². The zero-order valence-electron chi connectivity index (χ0n) is 8.04. The summed E-state index contributed by atoms with van der Waals surface area (Å²) in [5.74, 6) is 0.319. The molecule has 0 aliphatic carbocycles. The Morgan fingerprint density at radius 2 is 1.85 bits per heavy atom. The van der Waals surface area contributed by atoms with E-state index < -0.39 is 0 Å². The Morgan fingerprint density at radius 1 is 1.31 bits per heavy atom. The van der Waals surface area contributed by atoms with Gasteiger partial charge in [0.05, 0.1) is 0 Å². The van der Waals surface area contributed by atoms with Crippen LogP contribution in [0.25, 0.3) is 6.08 Å². The Kier molecular flexibility index (Phi) is 3.09. The summed E-state index contributed by atoms with van der Waals surface area (Å²) in [6.07, 6.45) is 3.90. The molecule has 0 unspecified atom stereocenters. The summed E-state index contributed by atoms with van der Waals surface area (Å²) < 4.78 is 0. The Bertz CT molecular complexity index is 306. The van der Waals surface area contributed by atoms with Crippen molar-refractivity contribution in [1.82, 2.24) is 0 Å². The van der Waals surface area contributed by atoms with Gasteiger partial charge in [0.1, 0.15) is 5.75 Å². The fraction of sp³-hybridized carbons (Fsp3) is 0.273. The molecule has 0 aliphatic heterocycles. The lowest BCUT2D eigenvalue weighted by Gasteiger charge is -2.05. The zero-order valence-corrected chi connectivity index (χ0v) is 8.04. The number of phenols is 1. The molecule has 0 bridgehead atoms. The summed E-state index contributed by atoms with van der Waals surface area (Å²) in [5, 5.41) is 9.29. The second-order valence-electron chi connectivity index (χ2n) is 3.13. The molecule has 0 atom stereocenters. The first-order valence-corrected chi connectivity index (χ1v) is 4.32. The third kappa shape index (κ3) is 2.33. The van der Waals surface area contributed by atoms with Crippen molar-refractivity contribution in [2.75, 3.05) is 6.54 Å². The van der Waals surface area contributed by atoms with Crippen LogP contribution in [0.4, 0.5) is 0 Å². The van der Waals surface area contributed by atoms with Gasteiger partial charge in [-0.2, -0.15) is 0 Å². The molecule has 0 heterocycles. The molecule has 1 rings (SSSR count). The first kappa shape index (κ1) is 9.81. The van der Waals surface area contributed by atoms with Gasteiger partial charge in [-0.05, 0) is 42.7 Å². The quantitative estimate of drug-likeness (QED) is 0.725. The standard InChI is InChI=1S/C11H15NO/c1-8-6-10(13)7-9(2)11(8)4-3-5-12/h3-4,6-7,13H,5,12H2,1-2H3/b4-3+. The molecule has 3 N–H and O–H groups in total. The van der Waals surface area contributed by atoms with Crippen molar-refractivity contribution in [3.8, 4) is 5.75 Å². The summed E-state index contributed by atoms with van der Waals surface area (Å²) >= 11 is 0. The van der Waals surface area contributed by atoms with Crippen LogP contribution in [0, 0.1) is 13.8 Å². The fourth-order valence-electron chi connectivity index (χ4n) is 1.40. The minimum Gasteiger partial charge on any atom is -0.508 e. The second kappa shape index (κ2) is 4.10. The normalized spacial score (nSPS) is 11.0. The molecule has 2 nitrogen and oxygen atoms in total. The van der Waals surface area contributed by atoms with Crippen LogP contribution >= 0.6 is 0 Å². The van der Waals surface area contributed by atoms with E-state index in [1.54, 1.807) is 12.1 Å². The van der Waals surface area contributed by atoms with E-state index in [1.165, 1.54) is 0 Å². The van der Waals surface area contributed by atoms with Crippen molar-refractivity contribution in [2.24, 2.45) is 5.73 Å². The number of phenolic OH excluding ortho intramolecular Hbond substituents is 1. The lowest BCUT2D eigenvalue weighted by Crippen LogP contribution is -1.93. The largest absolute Gasteiger partial charge is 0.508 e. The van der Waals surface area contributed by atoms with Crippen LogP contribution in [0.15, 0.2) is 18.2 Å². The molecule has 13 heavy (non-hydrogen) atoms. The van der Waals surface area contributed by atoms with Crippen molar-refractivity contribution in [1.29, 1.82) is 0 Å². The maximum atomic E-state index is 9.29. The third-order valence-electron chi connectivity index (χ3n) is 2.00. The van der Waals surface area contributed by atoms with E-state index in [-0.39, 0.29) is 0 Å². The molecule has 2 heteroatoms. The molecule has 0 saturated carbocycles. The van der Waals surface area contributed by atoms with Crippen LogP contribution < -0.4 is 5.73 Å². The lowest BCUT2D eigenvalue weighted by atomic mass is 10.0. The van der Waals surface area contributed by atoms with Gasteiger partial charge in [0.15, 0.2) is 0 Å². The van der Waals surface area contributed by atoms with Crippen LogP contribution in [-0.4, -0.2) is 11.7 Å². The van der Waals surface area contributed by atoms with Crippen LogP contribution in [-0.2, 0) is 0 Å². The van der Waals surface area contributed by atoms with Gasteiger partial charge in [-0.15, -0.1) is 0 Å². The smallest absolute Gasteiger partial charge is 0.116 e. The van der Waals surface area contributed by atoms with Gasteiger partial charge in [0.2, 0.25) is 0 Å². The van der Waals surface area contributed by atoms with Gasteiger partial charge in [-0.25, -0.2) is 0 Å². The number of hydrogen-bond donors (Lipinski definition) is 2. The number of nitrogens with two attached hydrogens (primary N) is 1. The summed E-state index contributed by atoms with van der Waals surface area (Å²) in [5.41, 5.74) is 8.66. The maximum absolute atomic E-state index is 9.29. The number of aryl methyl sites for hydroxylation is 2. The van der Waals surface area contributed by atoms with Gasteiger partial charge in [-0.1, -0.05) is 12.2 Å². The Hall–Kier alpha value is -1.28. The number of rotatable bonds is 2. The molecule has 1 aromatic rings. The van der Waals surface area contributed by atoms with Crippen LogP contribution in [0.5, 0.6) is 5.75 Å². The SMILES string of the molecule is Cc1cc(O)cc(C)c1/C=C/CN. The molecule has 70 valence electrons. The minimum absolute atomic E-state index is 0.319. The van der Waals surface area contributed by atoms with Crippen molar-refractivity contribution in [2.45, 2.75) is 13.8 Å². The van der Waals surface area contributed by atoms with Crippen molar-refractivity contribution < 1.29 is 5.11 Å². The summed E-state index contributed by atoms with van der Waals surface area (Å²) in [7, 11) is 0. The highest BCUT2D eigenvalue weighted by Crippen LogP contribution is 2.21. The summed E-state index contributed by atoms with van der Waals surface area (Å²) in [6.45, 7) is 4.49. The average molecular weight is 177 g/mol. The second-order valence-corrected chi connectivity index (χ2v) is 3.13.